The van der Waals surface area contributed by atoms with Crippen LogP contribution in [0.1, 0.15) is 36.9 Å². The van der Waals surface area contributed by atoms with Crippen LogP contribution in [0.15, 0.2) is 60.7 Å². The highest BCUT2D eigenvalue weighted by molar-refractivity contribution is 7.17. The minimum Gasteiger partial charge on any atom is -0.496 e. The van der Waals surface area contributed by atoms with Crippen molar-refractivity contribution in [3.8, 4) is 27.4 Å². The molecule has 1 heterocycles. The summed E-state index contributed by atoms with van der Waals surface area (Å²) < 4.78 is 5.50. The monoisotopic (exact) mass is 490 g/mol. The second kappa shape index (κ2) is 10.2. The van der Waals surface area contributed by atoms with E-state index in [1.165, 1.54) is 16.9 Å². The third-order valence-electron chi connectivity index (χ3n) is 5.48. The Balaban J connectivity index is 1.55. The van der Waals surface area contributed by atoms with Gasteiger partial charge in [-0.05, 0) is 49.2 Å². The van der Waals surface area contributed by atoms with Crippen LogP contribution in [0.2, 0.25) is 5.02 Å². The molecule has 3 aromatic carbocycles. The molecule has 34 heavy (non-hydrogen) atoms. The van der Waals surface area contributed by atoms with Crippen molar-refractivity contribution in [1.29, 1.82) is 0 Å². The van der Waals surface area contributed by atoms with Crippen LogP contribution in [0.5, 0.6) is 5.75 Å². The molecule has 0 unspecified atom stereocenters. The summed E-state index contributed by atoms with van der Waals surface area (Å²) in [5, 5.41) is 4.21. The Morgan fingerprint density at radius 3 is 2.41 bits per heavy atom. The van der Waals surface area contributed by atoms with Crippen LogP contribution in [0.4, 0.5) is 0 Å². The number of hydrogen-bond acceptors (Lipinski definition) is 5. The van der Waals surface area contributed by atoms with Crippen LogP contribution in [-0.4, -0.2) is 24.3 Å². The van der Waals surface area contributed by atoms with Gasteiger partial charge in [-0.25, -0.2) is 4.98 Å². The number of aromatic nitrogens is 1. The first-order valence-electron chi connectivity index (χ1n) is 10.6. The van der Waals surface area contributed by atoms with Crippen molar-refractivity contribution in [2.24, 2.45) is 0 Å². The Bertz CT molecular complexity index is 1360. The molecule has 0 aliphatic rings. The second-order valence-electron chi connectivity index (χ2n) is 7.86. The Kier molecular flexibility index (Phi) is 7.10. The number of nitrogens with one attached hydrogen (secondary N) is 1. The molecule has 172 valence electrons. The molecule has 0 aliphatic carbocycles. The Hall–Kier alpha value is -3.48. The second-order valence-corrected chi connectivity index (χ2v) is 9.27. The van der Waals surface area contributed by atoms with Gasteiger partial charge in [0.1, 0.15) is 15.6 Å². The van der Waals surface area contributed by atoms with Crippen molar-refractivity contribution in [3.05, 3.63) is 92.9 Å². The van der Waals surface area contributed by atoms with Gasteiger partial charge in [-0.3, -0.25) is 9.59 Å². The summed E-state index contributed by atoms with van der Waals surface area (Å²) in [7, 11) is 1.59. The highest BCUT2D eigenvalue weighted by Crippen LogP contribution is 2.30. The lowest BCUT2D eigenvalue weighted by Crippen LogP contribution is -2.22. The number of aldehydes is 1. The first-order chi connectivity index (χ1) is 16.4. The molecule has 0 saturated heterocycles. The summed E-state index contributed by atoms with van der Waals surface area (Å²) in [6.45, 7) is 4.16. The maximum absolute atomic E-state index is 13.0. The van der Waals surface area contributed by atoms with Crippen molar-refractivity contribution in [2.75, 3.05) is 7.11 Å². The fraction of sp³-hybridized carbons (Fsp3) is 0.148. The van der Waals surface area contributed by atoms with Gasteiger partial charge >= 0.3 is 0 Å². The minimum atomic E-state index is -0.185. The van der Waals surface area contributed by atoms with Gasteiger partial charge < -0.3 is 10.1 Å². The number of amides is 1. The van der Waals surface area contributed by atoms with Gasteiger partial charge in [-0.15, -0.1) is 11.3 Å². The molecule has 0 saturated carbocycles. The number of halogens is 1. The topological polar surface area (TPSA) is 68.3 Å². The summed E-state index contributed by atoms with van der Waals surface area (Å²) in [5.41, 5.74) is 5.84. The van der Waals surface area contributed by atoms with Crippen LogP contribution >= 0.6 is 22.9 Å². The van der Waals surface area contributed by atoms with E-state index in [-0.39, 0.29) is 12.5 Å². The quantitative estimate of drug-likeness (QED) is 0.300. The number of nitrogens with zero attached hydrogens (tertiary/aromatic N) is 1. The van der Waals surface area contributed by atoms with Crippen molar-refractivity contribution < 1.29 is 14.3 Å². The normalized spacial score (nSPS) is 10.7. The Morgan fingerprint density at radius 2 is 1.71 bits per heavy atom. The summed E-state index contributed by atoms with van der Waals surface area (Å²) in [6.07, 6.45) is 0.735. The molecular formula is C27H23ClN2O3S. The smallest absolute Gasteiger partial charge is 0.263 e. The SMILES string of the molecule is COc1ccc(-c2ccc(Cl)c(C=O)c2)cc1CNC(=O)c1sc(-c2ccc(C)cc2)nc1C. The van der Waals surface area contributed by atoms with Crippen molar-refractivity contribution in [1.82, 2.24) is 10.3 Å². The van der Waals surface area contributed by atoms with Gasteiger partial charge in [0.2, 0.25) is 0 Å². The molecular weight excluding hydrogens is 468 g/mol. The maximum Gasteiger partial charge on any atom is 0.263 e. The van der Waals surface area contributed by atoms with E-state index in [1.807, 2.05) is 62.4 Å². The van der Waals surface area contributed by atoms with Crippen molar-refractivity contribution >= 4 is 35.1 Å². The molecule has 0 fully saturated rings. The molecule has 1 amide bonds. The standard InChI is InChI=1S/C27H23ClN2O3S/c1-16-4-6-18(7-5-16)27-30-17(2)25(34-27)26(32)29-14-21-12-20(9-11-24(21)33-3)19-8-10-23(28)22(13-19)15-31/h4-13,15H,14H2,1-3H3,(H,29,32). The van der Waals surface area contributed by atoms with E-state index < -0.39 is 0 Å². The van der Waals surface area contributed by atoms with Gasteiger partial charge in [0.15, 0.2) is 6.29 Å². The zero-order chi connectivity index (χ0) is 24.2. The molecule has 1 N–H and O–H groups in total. The number of hydrogen-bond donors (Lipinski definition) is 1. The predicted octanol–water partition coefficient (Wildman–Crippen LogP) is 6.50. The summed E-state index contributed by atoms with van der Waals surface area (Å²) >= 11 is 7.44. The number of aryl methyl sites for hydroxylation is 2. The molecule has 0 bridgehead atoms. The largest absolute Gasteiger partial charge is 0.496 e. The molecule has 5 nitrogen and oxygen atoms in total. The van der Waals surface area contributed by atoms with E-state index in [4.69, 9.17) is 16.3 Å². The average molecular weight is 491 g/mol. The van der Waals surface area contributed by atoms with Gasteiger partial charge in [0, 0.05) is 23.2 Å². The Morgan fingerprint density at radius 1 is 1.03 bits per heavy atom. The summed E-state index contributed by atoms with van der Waals surface area (Å²) in [5.74, 6) is 0.477. The molecule has 7 heteroatoms. The van der Waals surface area contributed by atoms with Crippen LogP contribution in [0, 0.1) is 13.8 Å². The average Bonchev–Trinajstić information content (AvgIpc) is 3.24. The lowest BCUT2D eigenvalue weighted by molar-refractivity contribution is 0.0953. The summed E-state index contributed by atoms with van der Waals surface area (Å²) in [6, 6.07) is 19.1. The molecule has 1 aromatic heterocycles. The molecule has 0 aliphatic heterocycles. The van der Waals surface area contributed by atoms with Crippen LogP contribution in [-0.2, 0) is 6.54 Å². The van der Waals surface area contributed by atoms with E-state index in [1.54, 1.807) is 19.2 Å². The maximum atomic E-state index is 13.0. The van der Waals surface area contributed by atoms with Crippen LogP contribution < -0.4 is 10.1 Å². The summed E-state index contributed by atoms with van der Waals surface area (Å²) in [4.78, 5) is 29.4. The number of thiazole rings is 1. The van der Waals surface area contributed by atoms with Crippen LogP contribution in [0.3, 0.4) is 0 Å². The number of carbonyl (C=O) groups is 2. The minimum absolute atomic E-state index is 0.185. The van der Waals surface area contributed by atoms with Crippen molar-refractivity contribution in [2.45, 2.75) is 20.4 Å². The zero-order valence-electron chi connectivity index (χ0n) is 19.0. The van der Waals surface area contributed by atoms with Gasteiger partial charge in [-0.2, -0.15) is 0 Å². The van der Waals surface area contributed by atoms with E-state index in [0.717, 1.165) is 33.5 Å². The molecule has 0 atom stereocenters. The number of benzene rings is 3. The first-order valence-corrected chi connectivity index (χ1v) is 11.8. The fourth-order valence-corrected chi connectivity index (χ4v) is 4.74. The third kappa shape index (κ3) is 5.03. The molecule has 0 spiro atoms. The number of ether oxygens (including phenoxy) is 1. The number of rotatable bonds is 7. The van der Waals surface area contributed by atoms with Crippen molar-refractivity contribution in [3.63, 3.8) is 0 Å². The lowest BCUT2D eigenvalue weighted by atomic mass is 10.0. The number of carbonyl (C=O) groups excluding carboxylic acids is 2. The molecule has 4 rings (SSSR count). The van der Waals surface area contributed by atoms with E-state index in [2.05, 4.69) is 10.3 Å². The fourth-order valence-electron chi connectivity index (χ4n) is 3.59. The highest BCUT2D eigenvalue weighted by atomic mass is 35.5. The predicted molar refractivity (Wildman–Crippen MR) is 137 cm³/mol. The zero-order valence-corrected chi connectivity index (χ0v) is 20.6. The Labute approximate surface area is 207 Å². The number of methoxy groups -OCH3 is 1. The van der Waals surface area contributed by atoms with E-state index in [0.29, 0.717) is 26.9 Å². The molecule has 4 aromatic rings. The third-order valence-corrected chi connectivity index (χ3v) is 7.03. The highest BCUT2D eigenvalue weighted by Gasteiger charge is 2.17. The van der Waals surface area contributed by atoms with Gasteiger partial charge in [0.25, 0.3) is 5.91 Å². The lowest BCUT2D eigenvalue weighted by Gasteiger charge is -2.12. The van der Waals surface area contributed by atoms with Gasteiger partial charge in [-0.1, -0.05) is 53.6 Å². The van der Waals surface area contributed by atoms with E-state index >= 15 is 0 Å². The van der Waals surface area contributed by atoms with Gasteiger partial charge in [0.05, 0.1) is 17.8 Å². The first kappa shape index (κ1) is 23.7. The van der Waals surface area contributed by atoms with E-state index in [9.17, 15) is 9.59 Å². The molecule has 0 radical (unpaired) electrons. The van der Waals surface area contributed by atoms with Crippen LogP contribution in [0.25, 0.3) is 21.7 Å².